The summed E-state index contributed by atoms with van der Waals surface area (Å²) in [5.74, 6) is 2.58. The van der Waals surface area contributed by atoms with Crippen molar-refractivity contribution in [3.8, 4) is 0 Å². The van der Waals surface area contributed by atoms with Gasteiger partial charge in [0.2, 0.25) is 0 Å². The molecule has 21 heavy (non-hydrogen) atoms. The summed E-state index contributed by atoms with van der Waals surface area (Å²) in [6.45, 7) is 10.6. The van der Waals surface area contributed by atoms with E-state index in [2.05, 4.69) is 48.0 Å². The van der Waals surface area contributed by atoms with Crippen LogP contribution in [0, 0.1) is 0 Å². The monoisotopic (exact) mass is 294 g/mol. The molecule has 0 saturated heterocycles. The molecule has 0 aliphatic heterocycles. The van der Waals surface area contributed by atoms with E-state index in [4.69, 9.17) is 4.74 Å². The first kappa shape index (κ1) is 17.7. The Labute approximate surface area is 129 Å². The Hall–Kier alpha value is -1.36. The quantitative estimate of drug-likeness (QED) is 0.716. The summed E-state index contributed by atoms with van der Waals surface area (Å²) in [6.07, 6.45) is 3.39. The molecule has 5 heteroatoms. The zero-order valence-electron chi connectivity index (χ0n) is 14.1. The molecule has 0 amide bonds. The Bertz CT molecular complexity index is 385. The van der Waals surface area contributed by atoms with Gasteiger partial charge in [0.25, 0.3) is 0 Å². The molecule has 1 N–H and O–H groups in total. The van der Waals surface area contributed by atoms with E-state index in [1.807, 2.05) is 13.0 Å². The third-order valence-corrected chi connectivity index (χ3v) is 3.48. The Morgan fingerprint density at radius 1 is 1.24 bits per heavy atom. The molecular weight excluding hydrogens is 264 g/mol. The third kappa shape index (κ3) is 5.87. The lowest BCUT2D eigenvalue weighted by atomic mass is 10.2. The first-order chi connectivity index (χ1) is 10.1. The van der Waals surface area contributed by atoms with E-state index < -0.39 is 0 Å². The van der Waals surface area contributed by atoms with Crippen molar-refractivity contribution in [3.63, 3.8) is 0 Å². The average Bonchev–Trinajstić information content (AvgIpc) is 2.50. The summed E-state index contributed by atoms with van der Waals surface area (Å²) >= 11 is 0. The van der Waals surface area contributed by atoms with Crippen molar-refractivity contribution in [3.05, 3.63) is 11.9 Å². The summed E-state index contributed by atoms with van der Waals surface area (Å²) in [5, 5.41) is 3.34. The molecule has 1 aromatic heterocycles. The van der Waals surface area contributed by atoms with Gasteiger partial charge in [-0.3, -0.25) is 0 Å². The highest BCUT2D eigenvalue weighted by Crippen LogP contribution is 2.19. The summed E-state index contributed by atoms with van der Waals surface area (Å²) < 4.78 is 5.45. The fourth-order valence-electron chi connectivity index (χ4n) is 2.10. The van der Waals surface area contributed by atoms with Crippen LogP contribution in [0.4, 0.5) is 11.6 Å². The lowest BCUT2D eigenvalue weighted by molar-refractivity contribution is 0.128. The number of anilines is 2. The average molecular weight is 294 g/mol. The van der Waals surface area contributed by atoms with Gasteiger partial charge in [0.15, 0.2) is 5.82 Å². The fraction of sp³-hybridized carbons (Fsp3) is 0.750. The van der Waals surface area contributed by atoms with Crippen LogP contribution in [0.1, 0.15) is 52.8 Å². The zero-order valence-corrected chi connectivity index (χ0v) is 14.1. The zero-order chi connectivity index (χ0) is 15.7. The molecule has 0 aliphatic rings. The second-order valence-electron chi connectivity index (χ2n) is 5.34. The maximum absolute atomic E-state index is 5.45. The first-order valence-electron chi connectivity index (χ1n) is 8.04. The lowest BCUT2D eigenvalue weighted by Gasteiger charge is -2.26. The largest absolute Gasteiger partial charge is 0.374 e. The number of ether oxygens (including phenoxy) is 1. The van der Waals surface area contributed by atoms with Crippen LogP contribution < -0.4 is 10.2 Å². The van der Waals surface area contributed by atoms with E-state index >= 15 is 0 Å². The Kier molecular flexibility index (Phi) is 8.05. The predicted molar refractivity (Wildman–Crippen MR) is 88.9 cm³/mol. The van der Waals surface area contributed by atoms with Gasteiger partial charge in [-0.15, -0.1) is 0 Å². The van der Waals surface area contributed by atoms with Crippen molar-refractivity contribution in [1.29, 1.82) is 0 Å². The molecule has 1 rings (SSSR count). The molecule has 1 aromatic rings. The van der Waals surface area contributed by atoms with E-state index in [-0.39, 0.29) is 0 Å². The smallest absolute Gasteiger partial charge is 0.158 e. The minimum Gasteiger partial charge on any atom is -0.374 e. The molecule has 0 fully saturated rings. The maximum atomic E-state index is 5.45. The van der Waals surface area contributed by atoms with Gasteiger partial charge in [0.05, 0.1) is 0 Å². The van der Waals surface area contributed by atoms with Gasteiger partial charge in [-0.2, -0.15) is 0 Å². The highest BCUT2D eigenvalue weighted by Gasteiger charge is 2.13. The normalized spacial score (nSPS) is 12.2. The van der Waals surface area contributed by atoms with Crippen LogP contribution >= 0.6 is 0 Å². The van der Waals surface area contributed by atoms with E-state index in [9.17, 15) is 0 Å². The topological polar surface area (TPSA) is 50.3 Å². The number of aromatic nitrogens is 2. The number of rotatable bonds is 10. The predicted octanol–water partition coefficient (Wildman–Crippen LogP) is 3.46. The SMILES string of the molecule is CCCNc1cc(N(C)C(C)CCC)nc(COCC)n1. The second-order valence-corrected chi connectivity index (χ2v) is 5.34. The van der Waals surface area contributed by atoms with Gasteiger partial charge in [0, 0.05) is 32.3 Å². The maximum Gasteiger partial charge on any atom is 0.158 e. The standard InChI is InChI=1S/C16H30N4O/c1-6-9-13(4)20(5)16-11-14(17-10-7-2)18-15(19-16)12-21-8-3/h11,13H,6-10,12H2,1-5H3,(H,17,18,19). The first-order valence-corrected chi connectivity index (χ1v) is 8.04. The Balaban J connectivity index is 2.93. The highest BCUT2D eigenvalue weighted by molar-refractivity contribution is 5.49. The van der Waals surface area contributed by atoms with E-state index in [0.29, 0.717) is 19.3 Å². The number of nitrogens with one attached hydrogen (secondary N) is 1. The van der Waals surface area contributed by atoms with Crippen molar-refractivity contribution in [1.82, 2.24) is 9.97 Å². The minimum absolute atomic E-state index is 0.459. The van der Waals surface area contributed by atoms with Crippen LogP contribution in [0.15, 0.2) is 6.07 Å². The number of nitrogens with zero attached hydrogens (tertiary/aromatic N) is 3. The molecule has 1 heterocycles. The van der Waals surface area contributed by atoms with Crippen LogP contribution in [0.25, 0.3) is 0 Å². The van der Waals surface area contributed by atoms with Gasteiger partial charge in [-0.05, 0) is 26.7 Å². The van der Waals surface area contributed by atoms with Crippen molar-refractivity contribution >= 4 is 11.6 Å². The van der Waals surface area contributed by atoms with Gasteiger partial charge < -0.3 is 15.0 Å². The van der Waals surface area contributed by atoms with Crippen molar-refractivity contribution in [2.45, 2.75) is 59.6 Å². The van der Waals surface area contributed by atoms with E-state index in [0.717, 1.165) is 36.8 Å². The molecule has 0 aliphatic carbocycles. The van der Waals surface area contributed by atoms with Crippen LogP contribution in [0.3, 0.4) is 0 Å². The molecule has 1 unspecified atom stereocenters. The Morgan fingerprint density at radius 2 is 2.00 bits per heavy atom. The fourth-order valence-corrected chi connectivity index (χ4v) is 2.10. The molecule has 5 nitrogen and oxygen atoms in total. The molecule has 0 spiro atoms. The Morgan fingerprint density at radius 3 is 2.62 bits per heavy atom. The van der Waals surface area contributed by atoms with E-state index in [1.165, 1.54) is 6.42 Å². The van der Waals surface area contributed by atoms with E-state index in [1.54, 1.807) is 0 Å². The number of hydrogen-bond donors (Lipinski definition) is 1. The van der Waals surface area contributed by atoms with Gasteiger partial charge in [0.1, 0.15) is 18.2 Å². The molecule has 0 saturated carbocycles. The summed E-state index contributed by atoms with van der Waals surface area (Å²) in [6, 6.07) is 2.49. The molecule has 0 radical (unpaired) electrons. The molecular formula is C16H30N4O. The highest BCUT2D eigenvalue weighted by atomic mass is 16.5. The molecule has 120 valence electrons. The van der Waals surface area contributed by atoms with Crippen molar-refractivity contribution in [2.75, 3.05) is 30.4 Å². The van der Waals surface area contributed by atoms with Crippen LogP contribution in [0.5, 0.6) is 0 Å². The molecule has 0 bridgehead atoms. The van der Waals surface area contributed by atoms with Crippen LogP contribution in [-0.2, 0) is 11.3 Å². The van der Waals surface area contributed by atoms with Gasteiger partial charge in [-0.1, -0.05) is 20.3 Å². The van der Waals surface area contributed by atoms with Crippen molar-refractivity contribution in [2.24, 2.45) is 0 Å². The minimum atomic E-state index is 0.459. The lowest BCUT2D eigenvalue weighted by Crippen LogP contribution is -2.30. The van der Waals surface area contributed by atoms with Gasteiger partial charge >= 0.3 is 0 Å². The van der Waals surface area contributed by atoms with Crippen LogP contribution in [-0.4, -0.2) is 36.2 Å². The summed E-state index contributed by atoms with van der Waals surface area (Å²) in [4.78, 5) is 11.4. The third-order valence-electron chi connectivity index (χ3n) is 3.48. The second kappa shape index (κ2) is 9.55. The molecule has 1 atom stereocenters. The van der Waals surface area contributed by atoms with Crippen LogP contribution in [0.2, 0.25) is 0 Å². The number of hydrogen-bond acceptors (Lipinski definition) is 5. The summed E-state index contributed by atoms with van der Waals surface area (Å²) in [5.41, 5.74) is 0. The van der Waals surface area contributed by atoms with Crippen molar-refractivity contribution < 1.29 is 4.74 Å². The molecule has 0 aromatic carbocycles. The summed E-state index contributed by atoms with van der Waals surface area (Å²) in [7, 11) is 2.09. The van der Waals surface area contributed by atoms with Gasteiger partial charge in [-0.25, -0.2) is 9.97 Å².